The van der Waals surface area contributed by atoms with Gasteiger partial charge in [-0.1, -0.05) is 24.6 Å². The summed E-state index contributed by atoms with van der Waals surface area (Å²) in [5.74, 6) is 0. The predicted molar refractivity (Wildman–Crippen MR) is 39.5 cm³/mol. The molecule has 0 aliphatic rings. The molecule has 0 aliphatic carbocycles. The molecule has 2 nitrogen and oxygen atoms in total. The van der Waals surface area contributed by atoms with E-state index in [4.69, 9.17) is 0 Å². The Hall–Kier alpha value is -0.790. The summed E-state index contributed by atoms with van der Waals surface area (Å²) in [5, 5.41) is 3.53. The van der Waals surface area contributed by atoms with E-state index in [9.17, 15) is 0 Å². The highest BCUT2D eigenvalue weighted by Gasteiger charge is 1.68. The maximum absolute atomic E-state index is 4.44. The van der Waals surface area contributed by atoms with E-state index >= 15 is 0 Å². The second-order valence-electron chi connectivity index (χ2n) is 1.65. The first kappa shape index (κ1) is 8.21. The fraction of sp³-hybridized carbons (Fsp3) is 0.571. The molecule has 0 saturated heterocycles. The summed E-state index contributed by atoms with van der Waals surface area (Å²) < 4.78 is 0. The van der Waals surface area contributed by atoms with E-state index in [0.717, 1.165) is 6.42 Å². The molecule has 0 aromatic carbocycles. The van der Waals surface area contributed by atoms with Crippen molar-refractivity contribution in [3.8, 4) is 0 Å². The van der Waals surface area contributed by atoms with Crippen LogP contribution in [0.25, 0.3) is 0 Å². The van der Waals surface area contributed by atoms with Crippen LogP contribution in [-0.2, 0) is 4.84 Å². The maximum atomic E-state index is 4.44. The fourth-order valence-electron chi connectivity index (χ4n) is 0.420. The lowest BCUT2D eigenvalue weighted by Gasteiger charge is -1.81. The molecule has 0 atom stereocenters. The van der Waals surface area contributed by atoms with Crippen LogP contribution in [0.15, 0.2) is 17.3 Å². The molecule has 0 rings (SSSR count). The largest absolute Gasteiger partial charge is 0.399 e. The highest BCUT2D eigenvalue weighted by molar-refractivity contribution is 5.70. The Morgan fingerprint density at radius 3 is 2.89 bits per heavy atom. The minimum Gasteiger partial charge on any atom is -0.399 e. The second-order valence-corrected chi connectivity index (χ2v) is 1.65. The van der Waals surface area contributed by atoms with Crippen LogP contribution in [-0.4, -0.2) is 13.3 Å². The molecule has 0 N–H and O–H groups in total. The molecule has 52 valence electrons. The van der Waals surface area contributed by atoms with Gasteiger partial charge in [-0.2, -0.15) is 0 Å². The number of rotatable bonds is 4. The van der Waals surface area contributed by atoms with Crippen molar-refractivity contribution < 1.29 is 4.84 Å². The van der Waals surface area contributed by atoms with Gasteiger partial charge in [0, 0.05) is 0 Å². The summed E-state index contributed by atoms with van der Waals surface area (Å²) in [6.45, 7) is 2.14. The minimum atomic E-state index is 1.11. The van der Waals surface area contributed by atoms with Crippen molar-refractivity contribution in [2.24, 2.45) is 5.16 Å². The van der Waals surface area contributed by atoms with E-state index in [1.165, 1.54) is 13.5 Å². The van der Waals surface area contributed by atoms with Crippen LogP contribution in [0.2, 0.25) is 0 Å². The number of hydrogen-bond acceptors (Lipinski definition) is 2. The lowest BCUT2D eigenvalue weighted by atomic mass is 10.3. The van der Waals surface area contributed by atoms with Crippen molar-refractivity contribution in [2.45, 2.75) is 19.8 Å². The van der Waals surface area contributed by atoms with E-state index < -0.39 is 0 Å². The van der Waals surface area contributed by atoms with Crippen LogP contribution >= 0.6 is 0 Å². The Morgan fingerprint density at radius 2 is 2.33 bits per heavy atom. The molecule has 0 radical (unpaired) electrons. The Labute approximate surface area is 56.2 Å². The fourth-order valence-corrected chi connectivity index (χ4v) is 0.420. The number of allylic oxidation sites excluding steroid dienone is 2. The van der Waals surface area contributed by atoms with Gasteiger partial charge in [0.05, 0.1) is 6.21 Å². The van der Waals surface area contributed by atoms with Crippen LogP contribution < -0.4 is 0 Å². The third-order valence-electron chi connectivity index (χ3n) is 0.844. The average molecular weight is 127 g/mol. The van der Waals surface area contributed by atoms with Gasteiger partial charge >= 0.3 is 0 Å². The maximum Gasteiger partial charge on any atom is 0.106 e. The first-order valence-electron chi connectivity index (χ1n) is 3.13. The number of nitrogens with zero attached hydrogens (tertiary/aromatic N) is 1. The number of oxime groups is 1. The first-order valence-corrected chi connectivity index (χ1v) is 3.13. The van der Waals surface area contributed by atoms with Crippen molar-refractivity contribution >= 4 is 6.21 Å². The van der Waals surface area contributed by atoms with Gasteiger partial charge in [0.15, 0.2) is 0 Å². The molecule has 0 bridgehead atoms. The number of unbranched alkanes of at least 4 members (excludes halogenated alkanes) is 1. The van der Waals surface area contributed by atoms with Crippen LogP contribution in [0.1, 0.15) is 19.8 Å². The average Bonchev–Trinajstić information content (AvgIpc) is 1.89. The molecule has 0 fully saturated rings. The van der Waals surface area contributed by atoms with Crippen molar-refractivity contribution in [3.63, 3.8) is 0 Å². The van der Waals surface area contributed by atoms with E-state index in [2.05, 4.69) is 23.0 Å². The zero-order valence-corrected chi connectivity index (χ0v) is 6.00. The topological polar surface area (TPSA) is 21.6 Å². The van der Waals surface area contributed by atoms with Crippen molar-refractivity contribution in [1.29, 1.82) is 0 Å². The smallest absolute Gasteiger partial charge is 0.106 e. The van der Waals surface area contributed by atoms with Gasteiger partial charge < -0.3 is 4.84 Å². The third-order valence-corrected chi connectivity index (χ3v) is 0.844. The molecule has 0 aromatic rings. The molecule has 0 spiro atoms. The Morgan fingerprint density at radius 1 is 1.56 bits per heavy atom. The normalized spacial score (nSPS) is 11.3. The molecule has 0 aliphatic heterocycles. The Balaban J connectivity index is 3.13. The summed E-state index contributed by atoms with van der Waals surface area (Å²) in [4.78, 5) is 4.44. The SMILES string of the molecule is CCC/C=C/C=N\OC. The molecular formula is C7H13NO. The Kier molecular flexibility index (Phi) is 6.58. The summed E-state index contributed by atoms with van der Waals surface area (Å²) >= 11 is 0. The number of hydrogen-bond donors (Lipinski definition) is 0. The first-order chi connectivity index (χ1) is 4.41. The monoisotopic (exact) mass is 127 g/mol. The summed E-state index contributed by atoms with van der Waals surface area (Å²) in [6, 6.07) is 0. The van der Waals surface area contributed by atoms with Crippen LogP contribution in [0, 0.1) is 0 Å². The highest BCUT2D eigenvalue weighted by Crippen LogP contribution is 1.85. The van der Waals surface area contributed by atoms with Gasteiger partial charge in [-0.05, 0) is 12.5 Å². The molecule has 0 amide bonds. The molecular weight excluding hydrogens is 114 g/mol. The highest BCUT2D eigenvalue weighted by atomic mass is 16.6. The van der Waals surface area contributed by atoms with E-state index in [-0.39, 0.29) is 0 Å². The minimum absolute atomic E-state index is 1.11. The summed E-state index contributed by atoms with van der Waals surface area (Å²) in [6.07, 6.45) is 7.86. The van der Waals surface area contributed by atoms with E-state index in [0.29, 0.717) is 0 Å². The molecule has 2 heteroatoms. The molecule has 0 saturated carbocycles. The van der Waals surface area contributed by atoms with Gasteiger partial charge in [-0.15, -0.1) is 0 Å². The molecule has 9 heavy (non-hydrogen) atoms. The predicted octanol–water partition coefficient (Wildman–Crippen LogP) is 1.97. The zero-order chi connectivity index (χ0) is 6.95. The summed E-state index contributed by atoms with van der Waals surface area (Å²) in [5.41, 5.74) is 0. The molecule has 0 heterocycles. The Bertz CT molecular complexity index is 97.1. The third kappa shape index (κ3) is 7.21. The van der Waals surface area contributed by atoms with Crippen molar-refractivity contribution in [2.75, 3.05) is 7.11 Å². The van der Waals surface area contributed by atoms with E-state index in [1.54, 1.807) is 6.21 Å². The lowest BCUT2D eigenvalue weighted by molar-refractivity contribution is 0.215. The van der Waals surface area contributed by atoms with Gasteiger partial charge in [0.1, 0.15) is 7.11 Å². The van der Waals surface area contributed by atoms with Crippen LogP contribution in [0.3, 0.4) is 0 Å². The van der Waals surface area contributed by atoms with Gasteiger partial charge in [0.25, 0.3) is 0 Å². The van der Waals surface area contributed by atoms with Crippen LogP contribution in [0.4, 0.5) is 0 Å². The standard InChI is InChI=1S/C7H13NO/c1-3-4-5-6-7-8-9-2/h5-7H,3-4H2,1-2H3/b6-5+,8-7-. The van der Waals surface area contributed by atoms with Crippen molar-refractivity contribution in [3.05, 3.63) is 12.2 Å². The molecule has 0 aromatic heterocycles. The van der Waals surface area contributed by atoms with Gasteiger partial charge in [-0.25, -0.2) is 0 Å². The van der Waals surface area contributed by atoms with Gasteiger partial charge in [0.2, 0.25) is 0 Å². The lowest BCUT2D eigenvalue weighted by Crippen LogP contribution is -1.68. The summed E-state index contributed by atoms with van der Waals surface area (Å²) in [7, 11) is 1.53. The zero-order valence-electron chi connectivity index (χ0n) is 6.00. The quantitative estimate of drug-likeness (QED) is 0.418. The van der Waals surface area contributed by atoms with Gasteiger partial charge in [-0.3, -0.25) is 0 Å². The second kappa shape index (κ2) is 7.21. The van der Waals surface area contributed by atoms with E-state index in [1.807, 2.05) is 6.08 Å². The molecule has 0 unspecified atom stereocenters. The van der Waals surface area contributed by atoms with Crippen LogP contribution in [0.5, 0.6) is 0 Å². The van der Waals surface area contributed by atoms with Crippen molar-refractivity contribution in [1.82, 2.24) is 0 Å².